The summed E-state index contributed by atoms with van der Waals surface area (Å²) in [6.07, 6.45) is 9.15. The van der Waals surface area contributed by atoms with Crippen LogP contribution in [-0.2, 0) is 0 Å². The van der Waals surface area contributed by atoms with E-state index in [9.17, 15) is 0 Å². The molecule has 2 aliphatic rings. The Kier molecular flexibility index (Phi) is 3.24. The van der Waals surface area contributed by atoms with Gasteiger partial charge in [0, 0.05) is 0 Å². The van der Waals surface area contributed by atoms with Crippen LogP contribution in [0.1, 0.15) is 52.4 Å². The van der Waals surface area contributed by atoms with Crippen molar-refractivity contribution < 1.29 is 0 Å². The summed E-state index contributed by atoms with van der Waals surface area (Å²) in [6.45, 7) is 4.85. The smallest absolute Gasteiger partial charge is 0.0694 e. The van der Waals surface area contributed by atoms with Crippen molar-refractivity contribution in [2.45, 2.75) is 58.2 Å². The third-order valence-corrected chi connectivity index (χ3v) is 4.84. The van der Waals surface area contributed by atoms with Crippen molar-refractivity contribution in [1.82, 2.24) is 0 Å². The minimum absolute atomic E-state index is 0.920. The molecule has 2 bridgehead atoms. The molecule has 0 N–H and O–H groups in total. The molecule has 2 rings (SSSR count). The Morgan fingerprint density at radius 3 is 2.71 bits per heavy atom. The first kappa shape index (κ1) is 10.6. The summed E-state index contributed by atoms with van der Waals surface area (Å²) in [6, 6.07) is 0. The molecule has 2 saturated carbocycles. The Morgan fingerprint density at radius 1 is 1.29 bits per heavy atom. The van der Waals surface area contributed by atoms with E-state index in [1.54, 1.807) is 12.8 Å². The van der Waals surface area contributed by atoms with Crippen LogP contribution in [0.4, 0.5) is 0 Å². The molecular weight excluding hydrogens is 167 g/mol. The molecule has 5 atom stereocenters. The maximum absolute atomic E-state index is 2.45. The molecule has 80 valence electrons. The van der Waals surface area contributed by atoms with Gasteiger partial charge in [-0.3, -0.25) is 0 Å². The standard InChI is InChI=1S/C13H25B/c1-3-11-7-10-5-4-6-12(8-10)13(11)9(2)14/h9-13H,3-8,14H2,1-2H3. The summed E-state index contributed by atoms with van der Waals surface area (Å²) in [5.41, 5.74) is 0. The minimum atomic E-state index is 0.920. The van der Waals surface area contributed by atoms with E-state index in [4.69, 9.17) is 0 Å². The third kappa shape index (κ3) is 1.88. The van der Waals surface area contributed by atoms with Gasteiger partial charge in [0.2, 0.25) is 0 Å². The normalized spacial score (nSPS) is 44.7. The van der Waals surface area contributed by atoms with Crippen molar-refractivity contribution in [3.05, 3.63) is 0 Å². The van der Waals surface area contributed by atoms with Gasteiger partial charge in [-0.25, -0.2) is 0 Å². The zero-order chi connectivity index (χ0) is 10.1. The van der Waals surface area contributed by atoms with Crippen molar-refractivity contribution in [1.29, 1.82) is 0 Å². The lowest BCUT2D eigenvalue weighted by Crippen LogP contribution is -2.37. The van der Waals surface area contributed by atoms with Gasteiger partial charge in [0.1, 0.15) is 7.85 Å². The van der Waals surface area contributed by atoms with E-state index in [1.165, 1.54) is 25.7 Å². The van der Waals surface area contributed by atoms with Gasteiger partial charge in [-0.2, -0.15) is 0 Å². The largest absolute Gasteiger partial charge is 0.105 e. The second-order valence-corrected chi connectivity index (χ2v) is 6.02. The van der Waals surface area contributed by atoms with E-state index in [0.717, 1.165) is 29.5 Å². The highest BCUT2D eigenvalue weighted by Gasteiger charge is 2.39. The van der Waals surface area contributed by atoms with E-state index in [1.807, 2.05) is 0 Å². The summed E-state index contributed by atoms with van der Waals surface area (Å²) >= 11 is 0. The lowest BCUT2D eigenvalue weighted by Gasteiger charge is -2.47. The first-order valence-corrected chi connectivity index (χ1v) is 6.72. The zero-order valence-corrected chi connectivity index (χ0v) is 10.1. The number of fused-ring (bicyclic) bond motifs is 2. The van der Waals surface area contributed by atoms with Gasteiger partial charge in [-0.1, -0.05) is 45.3 Å². The highest BCUT2D eigenvalue weighted by molar-refractivity contribution is 6.11. The van der Waals surface area contributed by atoms with Gasteiger partial charge >= 0.3 is 0 Å². The monoisotopic (exact) mass is 192 g/mol. The van der Waals surface area contributed by atoms with E-state index >= 15 is 0 Å². The molecule has 0 spiro atoms. The molecule has 0 aromatic heterocycles. The zero-order valence-electron chi connectivity index (χ0n) is 10.1. The van der Waals surface area contributed by atoms with Crippen LogP contribution >= 0.6 is 0 Å². The highest BCUT2D eigenvalue weighted by atomic mass is 14.4. The Hall–Kier alpha value is 0.0649. The van der Waals surface area contributed by atoms with Crippen LogP contribution in [0.5, 0.6) is 0 Å². The summed E-state index contributed by atoms with van der Waals surface area (Å²) in [5.74, 6) is 5.22. The molecule has 0 amide bonds. The minimum Gasteiger partial charge on any atom is -0.0694 e. The van der Waals surface area contributed by atoms with Crippen LogP contribution in [0.3, 0.4) is 0 Å². The Balaban J connectivity index is 2.10. The average molecular weight is 192 g/mol. The van der Waals surface area contributed by atoms with E-state index in [2.05, 4.69) is 21.7 Å². The van der Waals surface area contributed by atoms with Gasteiger partial charge in [0.05, 0.1) is 0 Å². The number of rotatable bonds is 2. The fourth-order valence-electron chi connectivity index (χ4n) is 4.39. The molecule has 0 aromatic carbocycles. The second-order valence-electron chi connectivity index (χ2n) is 6.02. The predicted octanol–water partition coefficient (Wildman–Crippen LogP) is 3.28. The first-order valence-electron chi connectivity index (χ1n) is 6.72. The SMILES string of the molecule is BC(C)C1C(CC)CC2CCCC1C2. The molecular formula is C13H25B. The number of hydrogen-bond acceptors (Lipinski definition) is 0. The summed E-state index contributed by atoms with van der Waals surface area (Å²) in [7, 11) is 2.45. The molecule has 5 unspecified atom stereocenters. The van der Waals surface area contributed by atoms with Crippen LogP contribution in [0.2, 0.25) is 5.82 Å². The summed E-state index contributed by atoms with van der Waals surface area (Å²) in [4.78, 5) is 0. The Morgan fingerprint density at radius 2 is 2.07 bits per heavy atom. The lowest BCUT2D eigenvalue weighted by atomic mass is 9.55. The quantitative estimate of drug-likeness (QED) is 0.589. The van der Waals surface area contributed by atoms with Crippen LogP contribution in [0.15, 0.2) is 0 Å². The maximum Gasteiger partial charge on any atom is 0.105 e. The fraction of sp³-hybridized carbons (Fsp3) is 1.00. The van der Waals surface area contributed by atoms with Crippen molar-refractivity contribution in [2.24, 2.45) is 23.7 Å². The highest BCUT2D eigenvalue weighted by Crippen LogP contribution is 2.50. The van der Waals surface area contributed by atoms with E-state index in [0.29, 0.717) is 0 Å². The molecule has 1 heteroatoms. The Bertz CT molecular complexity index is 186. The molecule has 0 aliphatic heterocycles. The predicted molar refractivity (Wildman–Crippen MR) is 65.3 cm³/mol. The molecule has 14 heavy (non-hydrogen) atoms. The van der Waals surface area contributed by atoms with E-state index in [-0.39, 0.29) is 0 Å². The lowest BCUT2D eigenvalue weighted by molar-refractivity contribution is 0.0586. The fourth-order valence-corrected chi connectivity index (χ4v) is 4.39. The van der Waals surface area contributed by atoms with Crippen molar-refractivity contribution in [3.8, 4) is 0 Å². The summed E-state index contributed by atoms with van der Waals surface area (Å²) in [5, 5.41) is 0. The molecule has 0 nitrogen and oxygen atoms in total. The molecule has 2 fully saturated rings. The van der Waals surface area contributed by atoms with Gasteiger partial charge in [-0.05, 0) is 36.5 Å². The van der Waals surface area contributed by atoms with Crippen LogP contribution in [0, 0.1) is 23.7 Å². The van der Waals surface area contributed by atoms with Crippen LogP contribution in [0.25, 0.3) is 0 Å². The van der Waals surface area contributed by atoms with Gasteiger partial charge < -0.3 is 0 Å². The second kappa shape index (κ2) is 4.29. The van der Waals surface area contributed by atoms with E-state index < -0.39 is 0 Å². The summed E-state index contributed by atoms with van der Waals surface area (Å²) < 4.78 is 0. The molecule has 0 heterocycles. The Labute approximate surface area is 90.3 Å². The maximum atomic E-state index is 2.45. The van der Waals surface area contributed by atoms with Crippen molar-refractivity contribution in [2.75, 3.05) is 0 Å². The van der Waals surface area contributed by atoms with Gasteiger partial charge in [0.15, 0.2) is 0 Å². The van der Waals surface area contributed by atoms with Crippen molar-refractivity contribution in [3.63, 3.8) is 0 Å². The average Bonchev–Trinajstić information content (AvgIpc) is 2.16. The number of hydrogen-bond donors (Lipinski definition) is 0. The third-order valence-electron chi connectivity index (χ3n) is 4.84. The van der Waals surface area contributed by atoms with Gasteiger partial charge in [0.25, 0.3) is 0 Å². The first-order chi connectivity index (χ1) is 6.72. The molecule has 0 radical (unpaired) electrons. The molecule has 0 saturated heterocycles. The van der Waals surface area contributed by atoms with Crippen LogP contribution in [-0.4, -0.2) is 7.85 Å². The van der Waals surface area contributed by atoms with Crippen molar-refractivity contribution >= 4 is 7.85 Å². The van der Waals surface area contributed by atoms with Crippen LogP contribution < -0.4 is 0 Å². The topological polar surface area (TPSA) is 0 Å². The molecule has 0 aromatic rings. The molecule has 2 aliphatic carbocycles. The van der Waals surface area contributed by atoms with Gasteiger partial charge in [-0.15, -0.1) is 0 Å².